The molecule has 1 aliphatic rings. The van der Waals surface area contributed by atoms with Crippen molar-refractivity contribution in [2.45, 2.75) is 33.9 Å². The van der Waals surface area contributed by atoms with E-state index in [9.17, 15) is 27.6 Å². The van der Waals surface area contributed by atoms with Gasteiger partial charge in [-0.05, 0) is 25.8 Å². The highest BCUT2D eigenvalue weighted by atomic mass is 19.4. The molecule has 116 valence electrons. The Kier molecular flexibility index (Phi) is 4.76. The van der Waals surface area contributed by atoms with Crippen LogP contribution in [0.5, 0.6) is 0 Å². The van der Waals surface area contributed by atoms with E-state index in [0.717, 1.165) is 6.08 Å². The minimum Gasteiger partial charge on any atom is -0.301 e. The van der Waals surface area contributed by atoms with Crippen LogP contribution in [-0.4, -0.2) is 35.1 Å². The smallest absolute Gasteiger partial charge is 0.301 e. The number of Topliss-reactive ketones (excluding diaryl/α,β-unsaturated/α-hetero) is 1. The van der Waals surface area contributed by atoms with Gasteiger partial charge in [-0.3, -0.25) is 14.4 Å². The highest BCUT2D eigenvalue weighted by Crippen LogP contribution is 2.30. The molecule has 4 nitrogen and oxygen atoms in total. The van der Waals surface area contributed by atoms with Crippen molar-refractivity contribution in [1.29, 1.82) is 0 Å². The van der Waals surface area contributed by atoms with Crippen molar-refractivity contribution in [2.24, 2.45) is 5.92 Å². The second-order valence-corrected chi connectivity index (χ2v) is 4.98. The predicted molar refractivity (Wildman–Crippen MR) is 69.1 cm³/mol. The van der Waals surface area contributed by atoms with E-state index >= 15 is 0 Å². The van der Waals surface area contributed by atoms with Crippen LogP contribution in [0.3, 0.4) is 0 Å². The Morgan fingerprint density at radius 1 is 1.29 bits per heavy atom. The average molecular weight is 303 g/mol. The molecule has 0 heterocycles. The molecule has 1 amide bonds. The third-order valence-electron chi connectivity index (χ3n) is 3.09. The molecule has 0 fully saturated rings. The number of nitrogens with zero attached hydrogens (tertiary/aromatic N) is 1. The summed E-state index contributed by atoms with van der Waals surface area (Å²) >= 11 is 0. The van der Waals surface area contributed by atoms with E-state index in [1.165, 1.54) is 13.8 Å². The molecule has 0 N–H and O–H groups in total. The first-order valence-corrected chi connectivity index (χ1v) is 6.42. The lowest BCUT2D eigenvalue weighted by Crippen LogP contribution is -2.44. The van der Waals surface area contributed by atoms with Gasteiger partial charge in [0, 0.05) is 17.7 Å². The Hall–Kier alpha value is -1.92. The largest absolute Gasteiger partial charge is 0.471 e. The normalized spacial score (nSPS) is 16.5. The second-order valence-electron chi connectivity index (χ2n) is 4.98. The van der Waals surface area contributed by atoms with Crippen LogP contribution in [0, 0.1) is 5.92 Å². The summed E-state index contributed by atoms with van der Waals surface area (Å²) in [6.45, 7) is 5.47. The number of carbonyl (C=O) groups is 3. The molecule has 0 aromatic rings. The first-order valence-electron chi connectivity index (χ1n) is 6.42. The molecular weight excluding hydrogens is 287 g/mol. The number of amides is 1. The molecule has 1 rings (SSSR count). The summed E-state index contributed by atoms with van der Waals surface area (Å²) in [5, 5.41) is 0. The number of ketones is 2. The average Bonchev–Trinajstić information content (AvgIpc) is 2.34. The van der Waals surface area contributed by atoms with Gasteiger partial charge in [-0.15, -0.1) is 0 Å². The zero-order valence-corrected chi connectivity index (χ0v) is 12.2. The zero-order chi connectivity index (χ0) is 16.5. The third-order valence-corrected chi connectivity index (χ3v) is 3.09. The Morgan fingerprint density at radius 3 is 2.19 bits per heavy atom. The molecule has 0 saturated heterocycles. The highest BCUT2D eigenvalue weighted by molar-refractivity contribution is 6.23. The van der Waals surface area contributed by atoms with E-state index in [1.807, 2.05) is 0 Å². The second kappa shape index (κ2) is 5.83. The maximum Gasteiger partial charge on any atom is 0.471 e. The lowest BCUT2D eigenvalue weighted by molar-refractivity contribution is -0.183. The van der Waals surface area contributed by atoms with Gasteiger partial charge in [0.05, 0.1) is 5.70 Å². The van der Waals surface area contributed by atoms with E-state index in [4.69, 9.17) is 0 Å². The fourth-order valence-corrected chi connectivity index (χ4v) is 2.15. The molecule has 7 heteroatoms. The summed E-state index contributed by atoms with van der Waals surface area (Å²) in [5.41, 5.74) is -0.502. The predicted octanol–water partition coefficient (Wildman–Crippen LogP) is 2.41. The topological polar surface area (TPSA) is 54.5 Å². The van der Waals surface area contributed by atoms with Crippen molar-refractivity contribution >= 4 is 17.5 Å². The van der Waals surface area contributed by atoms with Crippen LogP contribution in [0.2, 0.25) is 0 Å². The van der Waals surface area contributed by atoms with E-state index in [0.29, 0.717) is 4.90 Å². The van der Waals surface area contributed by atoms with Crippen molar-refractivity contribution < 1.29 is 27.6 Å². The maximum absolute atomic E-state index is 12.7. The molecular formula is C14H16F3NO3. The fourth-order valence-electron chi connectivity index (χ4n) is 2.15. The van der Waals surface area contributed by atoms with Gasteiger partial charge in [-0.1, -0.05) is 13.8 Å². The lowest BCUT2D eigenvalue weighted by atomic mass is 9.87. The number of rotatable bonds is 3. The monoisotopic (exact) mass is 303 g/mol. The standard InChI is InChI=1S/C14H16F3NO3/c1-5-18(13(21)14(15,16)17)11-10(7(2)3)9(19)6-8(4)12(11)20/h6-7H,5H2,1-4H3. The van der Waals surface area contributed by atoms with Gasteiger partial charge in [0.2, 0.25) is 5.78 Å². The maximum atomic E-state index is 12.7. The summed E-state index contributed by atoms with van der Waals surface area (Å²) in [6.07, 6.45) is -4.02. The lowest BCUT2D eigenvalue weighted by Gasteiger charge is -2.29. The minimum absolute atomic E-state index is 0.0211. The van der Waals surface area contributed by atoms with E-state index in [-0.39, 0.29) is 17.7 Å². The molecule has 0 aliphatic heterocycles. The number of halogens is 3. The number of hydrogen-bond donors (Lipinski definition) is 0. The van der Waals surface area contributed by atoms with Crippen molar-refractivity contribution in [2.75, 3.05) is 6.54 Å². The van der Waals surface area contributed by atoms with E-state index in [1.54, 1.807) is 13.8 Å². The van der Waals surface area contributed by atoms with Gasteiger partial charge in [-0.25, -0.2) is 0 Å². The van der Waals surface area contributed by atoms with Gasteiger partial charge in [0.1, 0.15) is 0 Å². The van der Waals surface area contributed by atoms with Crippen LogP contribution in [-0.2, 0) is 14.4 Å². The Labute approximate surface area is 120 Å². The molecule has 0 spiro atoms. The van der Waals surface area contributed by atoms with Crippen molar-refractivity contribution in [3.63, 3.8) is 0 Å². The van der Waals surface area contributed by atoms with Crippen LogP contribution < -0.4 is 0 Å². The Bertz CT molecular complexity index is 556. The molecule has 0 unspecified atom stereocenters. The van der Waals surface area contributed by atoms with Crippen LogP contribution in [0.1, 0.15) is 27.7 Å². The number of allylic oxidation sites excluding steroid dienone is 3. The third kappa shape index (κ3) is 3.22. The molecule has 0 aromatic carbocycles. The van der Waals surface area contributed by atoms with Crippen LogP contribution >= 0.6 is 0 Å². The van der Waals surface area contributed by atoms with E-state index in [2.05, 4.69) is 0 Å². The minimum atomic E-state index is -5.11. The molecule has 0 atom stereocenters. The molecule has 21 heavy (non-hydrogen) atoms. The summed E-state index contributed by atoms with van der Waals surface area (Å²) in [6, 6.07) is 0. The highest BCUT2D eigenvalue weighted by Gasteiger charge is 2.46. The molecule has 0 radical (unpaired) electrons. The van der Waals surface area contributed by atoms with E-state index < -0.39 is 35.3 Å². The summed E-state index contributed by atoms with van der Waals surface area (Å²) in [5.74, 6) is -3.88. The van der Waals surface area contributed by atoms with Crippen LogP contribution in [0.25, 0.3) is 0 Å². The Morgan fingerprint density at radius 2 is 1.81 bits per heavy atom. The number of alkyl halides is 3. The van der Waals surface area contributed by atoms with Crippen molar-refractivity contribution in [1.82, 2.24) is 4.90 Å². The van der Waals surface area contributed by atoms with Gasteiger partial charge < -0.3 is 4.90 Å². The first kappa shape index (κ1) is 17.1. The summed E-state index contributed by atoms with van der Waals surface area (Å²) < 4.78 is 38.0. The van der Waals surface area contributed by atoms with Crippen LogP contribution in [0.4, 0.5) is 13.2 Å². The van der Waals surface area contributed by atoms with Crippen molar-refractivity contribution in [3.05, 3.63) is 22.9 Å². The van der Waals surface area contributed by atoms with Gasteiger partial charge in [0.25, 0.3) is 0 Å². The summed E-state index contributed by atoms with van der Waals surface area (Å²) in [7, 11) is 0. The molecule has 0 bridgehead atoms. The number of carbonyl (C=O) groups excluding carboxylic acids is 3. The van der Waals surface area contributed by atoms with Crippen LogP contribution in [0.15, 0.2) is 22.9 Å². The van der Waals surface area contributed by atoms with Gasteiger partial charge in [0.15, 0.2) is 5.78 Å². The molecule has 1 aliphatic carbocycles. The molecule has 0 saturated carbocycles. The first-order chi connectivity index (χ1) is 9.52. The summed E-state index contributed by atoms with van der Waals surface area (Å²) in [4.78, 5) is 36.0. The van der Waals surface area contributed by atoms with Crippen molar-refractivity contribution in [3.8, 4) is 0 Å². The number of hydrogen-bond acceptors (Lipinski definition) is 3. The van der Waals surface area contributed by atoms with Gasteiger partial charge in [-0.2, -0.15) is 13.2 Å². The zero-order valence-electron chi connectivity index (χ0n) is 12.2. The number of likely N-dealkylation sites (N-methyl/N-ethyl adjacent to an activating group) is 1. The fraction of sp³-hybridized carbons (Fsp3) is 0.500. The SMILES string of the molecule is CCN(C(=O)C(F)(F)F)C1=C(C(C)C)C(=O)C=C(C)C1=O. The Balaban J connectivity index is 3.50. The molecule has 0 aromatic heterocycles. The van der Waals surface area contributed by atoms with Gasteiger partial charge >= 0.3 is 12.1 Å². The quantitative estimate of drug-likeness (QED) is 0.752.